The van der Waals surface area contributed by atoms with Gasteiger partial charge in [-0.15, -0.1) is 0 Å². The topological polar surface area (TPSA) is 84.3 Å². The van der Waals surface area contributed by atoms with Crippen LogP contribution in [0, 0.1) is 0 Å². The Kier molecular flexibility index (Phi) is 3.91. The summed E-state index contributed by atoms with van der Waals surface area (Å²) in [5, 5.41) is 6.72. The molecule has 1 aromatic rings. The van der Waals surface area contributed by atoms with Gasteiger partial charge in [0.05, 0.1) is 18.1 Å². The van der Waals surface area contributed by atoms with Crippen molar-refractivity contribution in [2.45, 2.75) is 12.5 Å². The Balaban J connectivity index is 1.85. The number of hydrogen-bond acceptors (Lipinski definition) is 5. The van der Waals surface area contributed by atoms with Crippen molar-refractivity contribution in [2.75, 3.05) is 30.4 Å². The fraction of sp³-hybridized carbons (Fsp3) is 0.636. The number of hydrogen-bond donors (Lipinski definition) is 1. The molecule has 19 heavy (non-hydrogen) atoms. The first-order valence-electron chi connectivity index (χ1n) is 6.06. The van der Waals surface area contributed by atoms with Crippen LogP contribution >= 0.6 is 0 Å². The number of carbonyl (C=O) groups is 1. The number of carbonyl (C=O) groups excluding carboxylic acids is 1. The van der Waals surface area contributed by atoms with E-state index in [-0.39, 0.29) is 30.0 Å². The van der Waals surface area contributed by atoms with E-state index in [2.05, 4.69) is 10.4 Å². The van der Waals surface area contributed by atoms with Crippen LogP contribution in [-0.2, 0) is 21.7 Å². The lowest BCUT2D eigenvalue weighted by Crippen LogP contribution is -2.38. The number of nitrogens with zero attached hydrogens (tertiary/aromatic N) is 3. The molecule has 2 heterocycles. The first kappa shape index (κ1) is 14.0. The molecule has 106 valence electrons. The molecular weight excluding hydrogens is 268 g/mol. The predicted octanol–water partition coefficient (Wildman–Crippen LogP) is -0.522. The van der Waals surface area contributed by atoms with Gasteiger partial charge in [-0.2, -0.15) is 5.10 Å². The summed E-state index contributed by atoms with van der Waals surface area (Å²) in [5.41, 5.74) is 0. The summed E-state index contributed by atoms with van der Waals surface area (Å²) in [4.78, 5) is 13.6. The smallest absolute Gasteiger partial charge is 0.239 e. The first-order chi connectivity index (χ1) is 8.85. The van der Waals surface area contributed by atoms with Crippen molar-refractivity contribution in [3.05, 3.63) is 12.3 Å². The minimum Gasteiger partial charge on any atom is -0.308 e. The monoisotopic (exact) mass is 286 g/mol. The number of rotatable bonds is 4. The van der Waals surface area contributed by atoms with Crippen molar-refractivity contribution in [1.82, 2.24) is 14.7 Å². The highest BCUT2D eigenvalue weighted by Gasteiger charge is 2.31. The van der Waals surface area contributed by atoms with Gasteiger partial charge in [-0.1, -0.05) is 0 Å². The summed E-state index contributed by atoms with van der Waals surface area (Å²) in [6.45, 7) is 0.163. The number of aryl methyl sites for hydroxylation is 1. The summed E-state index contributed by atoms with van der Waals surface area (Å²) >= 11 is 0. The fourth-order valence-electron chi connectivity index (χ4n) is 2.14. The van der Waals surface area contributed by atoms with E-state index >= 15 is 0 Å². The second kappa shape index (κ2) is 5.30. The Morgan fingerprint density at radius 2 is 2.37 bits per heavy atom. The summed E-state index contributed by atoms with van der Waals surface area (Å²) < 4.78 is 24.4. The molecule has 1 N–H and O–H groups in total. The van der Waals surface area contributed by atoms with Gasteiger partial charge in [0.25, 0.3) is 0 Å². The average Bonchev–Trinajstić information content (AvgIpc) is 2.84. The van der Waals surface area contributed by atoms with Crippen molar-refractivity contribution in [1.29, 1.82) is 0 Å². The molecule has 1 saturated heterocycles. The molecule has 0 spiro atoms. The van der Waals surface area contributed by atoms with Gasteiger partial charge in [-0.05, 0) is 13.5 Å². The number of likely N-dealkylation sites (N-methyl/N-ethyl adjacent to an activating group) is 1. The zero-order valence-corrected chi connectivity index (χ0v) is 11.9. The lowest BCUT2D eigenvalue weighted by molar-refractivity contribution is -0.117. The van der Waals surface area contributed by atoms with Crippen LogP contribution in [0.5, 0.6) is 0 Å². The molecule has 7 nitrogen and oxygen atoms in total. The van der Waals surface area contributed by atoms with E-state index in [1.54, 1.807) is 35.9 Å². The van der Waals surface area contributed by atoms with Gasteiger partial charge in [0.1, 0.15) is 0 Å². The number of anilines is 1. The standard InChI is InChI=1S/C11H18N4O3S/c1-14(9-4-6-19(17,18)8-9)7-11(16)12-10-3-5-15(2)13-10/h3,5,9H,4,6-8H2,1-2H3,(H,12,13,16)/t9-/m1/s1. The summed E-state index contributed by atoms with van der Waals surface area (Å²) in [6.07, 6.45) is 2.33. The third-order valence-corrected chi connectivity index (χ3v) is 4.96. The lowest BCUT2D eigenvalue weighted by atomic mass is 10.2. The zero-order valence-electron chi connectivity index (χ0n) is 11.0. The van der Waals surface area contributed by atoms with E-state index in [4.69, 9.17) is 0 Å². The van der Waals surface area contributed by atoms with Gasteiger partial charge in [0, 0.05) is 25.4 Å². The highest BCUT2D eigenvalue weighted by Crippen LogP contribution is 2.16. The number of sulfone groups is 1. The fourth-order valence-corrected chi connectivity index (χ4v) is 3.95. The quantitative estimate of drug-likeness (QED) is 0.805. The summed E-state index contributed by atoms with van der Waals surface area (Å²) in [7, 11) is 0.616. The highest BCUT2D eigenvalue weighted by atomic mass is 32.2. The minimum absolute atomic E-state index is 0.0699. The number of aromatic nitrogens is 2. The Bertz CT molecular complexity index is 566. The SMILES string of the molecule is CN(CC(=O)Nc1ccn(C)n1)[C@@H]1CCS(=O)(=O)C1. The molecule has 2 rings (SSSR count). The Morgan fingerprint density at radius 3 is 2.89 bits per heavy atom. The van der Waals surface area contributed by atoms with E-state index in [9.17, 15) is 13.2 Å². The molecule has 1 aromatic heterocycles. The van der Waals surface area contributed by atoms with Gasteiger partial charge in [-0.3, -0.25) is 14.4 Å². The Labute approximate surface area is 112 Å². The molecule has 1 aliphatic rings. The molecule has 0 aliphatic carbocycles. The van der Waals surface area contributed by atoms with Crippen LogP contribution in [0.15, 0.2) is 12.3 Å². The third-order valence-electron chi connectivity index (χ3n) is 3.21. The van der Waals surface area contributed by atoms with Crippen molar-refractivity contribution in [3.63, 3.8) is 0 Å². The molecule has 1 atom stereocenters. The molecule has 0 unspecified atom stereocenters. The van der Waals surface area contributed by atoms with E-state index in [1.165, 1.54) is 0 Å². The van der Waals surface area contributed by atoms with E-state index in [0.717, 1.165) is 0 Å². The Morgan fingerprint density at radius 1 is 1.63 bits per heavy atom. The van der Waals surface area contributed by atoms with Gasteiger partial charge >= 0.3 is 0 Å². The number of amides is 1. The molecular formula is C11H18N4O3S. The third kappa shape index (κ3) is 3.77. The maximum absolute atomic E-state index is 11.8. The molecule has 0 saturated carbocycles. The minimum atomic E-state index is -2.92. The van der Waals surface area contributed by atoms with Crippen LogP contribution in [-0.4, -0.2) is 60.1 Å². The normalized spacial score (nSPS) is 21.7. The zero-order chi connectivity index (χ0) is 14.0. The van der Waals surface area contributed by atoms with Gasteiger partial charge < -0.3 is 5.32 Å². The predicted molar refractivity (Wildman–Crippen MR) is 71.5 cm³/mol. The summed E-state index contributed by atoms with van der Waals surface area (Å²) in [6, 6.07) is 1.64. The second-order valence-electron chi connectivity index (χ2n) is 4.89. The van der Waals surface area contributed by atoms with E-state index in [1.807, 2.05) is 0 Å². The molecule has 0 bridgehead atoms. The van der Waals surface area contributed by atoms with Crippen molar-refractivity contribution in [3.8, 4) is 0 Å². The average molecular weight is 286 g/mol. The van der Waals surface area contributed by atoms with Gasteiger partial charge in [0.15, 0.2) is 15.7 Å². The summed E-state index contributed by atoms with van der Waals surface area (Å²) in [5.74, 6) is 0.662. The van der Waals surface area contributed by atoms with Crippen LogP contribution < -0.4 is 5.32 Å². The second-order valence-corrected chi connectivity index (χ2v) is 7.12. The number of nitrogens with one attached hydrogen (secondary N) is 1. The molecule has 1 fully saturated rings. The first-order valence-corrected chi connectivity index (χ1v) is 7.88. The van der Waals surface area contributed by atoms with Crippen LogP contribution in [0.1, 0.15) is 6.42 Å². The Hall–Kier alpha value is -1.41. The van der Waals surface area contributed by atoms with Gasteiger partial charge in [0.2, 0.25) is 5.91 Å². The highest BCUT2D eigenvalue weighted by molar-refractivity contribution is 7.91. The maximum Gasteiger partial charge on any atom is 0.239 e. The van der Waals surface area contributed by atoms with Crippen LogP contribution in [0.4, 0.5) is 5.82 Å². The van der Waals surface area contributed by atoms with E-state index < -0.39 is 9.84 Å². The van der Waals surface area contributed by atoms with Crippen LogP contribution in [0.2, 0.25) is 0 Å². The lowest BCUT2D eigenvalue weighted by Gasteiger charge is -2.21. The molecule has 1 amide bonds. The molecule has 1 aliphatic heterocycles. The van der Waals surface area contributed by atoms with Gasteiger partial charge in [-0.25, -0.2) is 8.42 Å². The maximum atomic E-state index is 11.8. The van der Waals surface area contributed by atoms with Crippen molar-refractivity contribution in [2.24, 2.45) is 7.05 Å². The van der Waals surface area contributed by atoms with E-state index in [0.29, 0.717) is 12.2 Å². The van der Waals surface area contributed by atoms with Crippen LogP contribution in [0.3, 0.4) is 0 Å². The van der Waals surface area contributed by atoms with Crippen molar-refractivity contribution < 1.29 is 13.2 Å². The van der Waals surface area contributed by atoms with Crippen LogP contribution in [0.25, 0.3) is 0 Å². The largest absolute Gasteiger partial charge is 0.308 e. The molecule has 8 heteroatoms. The van der Waals surface area contributed by atoms with Crippen molar-refractivity contribution >= 4 is 21.6 Å². The molecule has 0 radical (unpaired) electrons. The molecule has 0 aromatic carbocycles.